The molecule has 0 aliphatic rings. The molecule has 0 aliphatic carbocycles. The van der Waals surface area contributed by atoms with E-state index in [1.165, 1.54) is 6.42 Å². The standard InChI is InChI=1S/C17H23NO/c1-5-6-7-8-9-15-10-11-17(19-4)12-16(15)13-18-14(2)3/h10-14H,5-7H2,1-4H3. The van der Waals surface area contributed by atoms with Crippen molar-refractivity contribution in [1.82, 2.24) is 0 Å². The Kier molecular flexibility index (Phi) is 6.74. The minimum absolute atomic E-state index is 0.284. The lowest BCUT2D eigenvalue weighted by atomic mass is 10.1. The van der Waals surface area contributed by atoms with Crippen molar-refractivity contribution in [1.29, 1.82) is 0 Å². The topological polar surface area (TPSA) is 21.6 Å². The molecule has 0 fully saturated rings. The minimum atomic E-state index is 0.284. The predicted octanol–water partition coefficient (Wildman–Crippen LogP) is 4.06. The minimum Gasteiger partial charge on any atom is -0.497 e. The van der Waals surface area contributed by atoms with Crippen LogP contribution in [0.4, 0.5) is 0 Å². The number of methoxy groups -OCH3 is 1. The number of aliphatic imine (C=N–C) groups is 1. The van der Waals surface area contributed by atoms with E-state index in [2.05, 4.69) is 37.6 Å². The number of hydrogen-bond acceptors (Lipinski definition) is 2. The number of unbranched alkanes of at least 4 members (excludes halogenated alkanes) is 2. The van der Waals surface area contributed by atoms with Gasteiger partial charge in [-0.05, 0) is 38.5 Å². The van der Waals surface area contributed by atoms with Gasteiger partial charge in [-0.1, -0.05) is 25.2 Å². The Hall–Kier alpha value is -1.75. The molecule has 0 spiro atoms. The highest BCUT2D eigenvalue weighted by Crippen LogP contribution is 2.16. The highest BCUT2D eigenvalue weighted by Gasteiger charge is 2.00. The Bertz CT molecular complexity index is 478. The van der Waals surface area contributed by atoms with Crippen LogP contribution in [0.15, 0.2) is 23.2 Å². The average Bonchev–Trinajstić information content (AvgIpc) is 2.42. The van der Waals surface area contributed by atoms with Crippen LogP contribution >= 0.6 is 0 Å². The van der Waals surface area contributed by atoms with Crippen molar-refractivity contribution in [3.8, 4) is 17.6 Å². The number of nitrogens with zero attached hydrogens (tertiary/aromatic N) is 1. The van der Waals surface area contributed by atoms with Crippen LogP contribution in [0.1, 0.15) is 51.2 Å². The predicted molar refractivity (Wildman–Crippen MR) is 82.1 cm³/mol. The quantitative estimate of drug-likeness (QED) is 0.443. The molecule has 0 aromatic heterocycles. The first-order chi connectivity index (χ1) is 9.17. The summed E-state index contributed by atoms with van der Waals surface area (Å²) < 4.78 is 5.25. The smallest absolute Gasteiger partial charge is 0.119 e. The van der Waals surface area contributed by atoms with E-state index in [1.807, 2.05) is 24.4 Å². The van der Waals surface area contributed by atoms with Gasteiger partial charge in [0.15, 0.2) is 0 Å². The molecule has 1 aromatic carbocycles. The van der Waals surface area contributed by atoms with Crippen molar-refractivity contribution >= 4 is 6.21 Å². The first-order valence-electron chi connectivity index (χ1n) is 6.87. The molecule has 0 unspecified atom stereocenters. The highest BCUT2D eigenvalue weighted by molar-refractivity contribution is 5.84. The van der Waals surface area contributed by atoms with Crippen molar-refractivity contribution in [2.24, 2.45) is 4.99 Å². The molecule has 0 heterocycles. The molecule has 19 heavy (non-hydrogen) atoms. The summed E-state index contributed by atoms with van der Waals surface area (Å²) in [5.41, 5.74) is 2.04. The van der Waals surface area contributed by atoms with Gasteiger partial charge >= 0.3 is 0 Å². The SMILES string of the molecule is CCCCC#Cc1ccc(OC)cc1C=NC(C)C. The third kappa shape index (κ3) is 5.61. The molecule has 1 rings (SSSR count). The van der Waals surface area contributed by atoms with Gasteiger partial charge in [-0.2, -0.15) is 0 Å². The monoisotopic (exact) mass is 257 g/mol. The van der Waals surface area contributed by atoms with E-state index in [1.54, 1.807) is 7.11 Å². The summed E-state index contributed by atoms with van der Waals surface area (Å²) in [5, 5.41) is 0. The van der Waals surface area contributed by atoms with Gasteiger partial charge in [0.1, 0.15) is 5.75 Å². The molecule has 0 atom stereocenters. The summed E-state index contributed by atoms with van der Waals surface area (Å²) in [7, 11) is 1.67. The molecule has 0 saturated carbocycles. The maximum atomic E-state index is 5.25. The van der Waals surface area contributed by atoms with Gasteiger partial charge in [0.05, 0.1) is 7.11 Å². The van der Waals surface area contributed by atoms with Crippen molar-refractivity contribution in [2.45, 2.75) is 46.1 Å². The molecule has 2 nitrogen and oxygen atoms in total. The first-order valence-corrected chi connectivity index (χ1v) is 6.87. The Balaban J connectivity index is 2.97. The van der Waals surface area contributed by atoms with Gasteiger partial charge in [-0.15, -0.1) is 0 Å². The summed E-state index contributed by atoms with van der Waals surface area (Å²) in [6.45, 7) is 6.29. The van der Waals surface area contributed by atoms with Crippen LogP contribution < -0.4 is 4.74 Å². The zero-order valence-corrected chi connectivity index (χ0v) is 12.4. The van der Waals surface area contributed by atoms with Crippen LogP contribution in [-0.2, 0) is 0 Å². The van der Waals surface area contributed by atoms with Crippen molar-refractivity contribution in [2.75, 3.05) is 7.11 Å². The van der Waals surface area contributed by atoms with Gasteiger partial charge in [-0.25, -0.2) is 0 Å². The number of ether oxygens (including phenoxy) is 1. The summed E-state index contributed by atoms with van der Waals surface area (Å²) in [5.74, 6) is 7.28. The summed E-state index contributed by atoms with van der Waals surface area (Å²) in [6, 6.07) is 6.21. The van der Waals surface area contributed by atoms with E-state index in [0.29, 0.717) is 0 Å². The van der Waals surface area contributed by atoms with E-state index in [4.69, 9.17) is 4.74 Å². The van der Waals surface area contributed by atoms with E-state index in [0.717, 1.165) is 29.7 Å². The average molecular weight is 257 g/mol. The summed E-state index contributed by atoms with van der Waals surface area (Å²) in [6.07, 6.45) is 5.16. The fraction of sp³-hybridized carbons (Fsp3) is 0.471. The van der Waals surface area contributed by atoms with Gasteiger partial charge in [0, 0.05) is 29.8 Å². The van der Waals surface area contributed by atoms with Crippen LogP contribution in [0.5, 0.6) is 5.75 Å². The van der Waals surface area contributed by atoms with Crippen molar-refractivity contribution in [3.05, 3.63) is 29.3 Å². The van der Waals surface area contributed by atoms with Crippen LogP contribution in [0.25, 0.3) is 0 Å². The van der Waals surface area contributed by atoms with Gasteiger partial charge in [0.25, 0.3) is 0 Å². The van der Waals surface area contributed by atoms with Crippen molar-refractivity contribution < 1.29 is 4.74 Å². The molecule has 0 amide bonds. The fourth-order valence-electron chi connectivity index (χ4n) is 1.54. The lowest BCUT2D eigenvalue weighted by Crippen LogP contribution is -1.95. The van der Waals surface area contributed by atoms with E-state index < -0.39 is 0 Å². The number of hydrogen-bond donors (Lipinski definition) is 0. The first kappa shape index (κ1) is 15.3. The third-order valence-electron chi connectivity index (χ3n) is 2.65. The largest absolute Gasteiger partial charge is 0.497 e. The van der Waals surface area contributed by atoms with Crippen molar-refractivity contribution in [3.63, 3.8) is 0 Å². The lowest BCUT2D eigenvalue weighted by molar-refractivity contribution is 0.414. The van der Waals surface area contributed by atoms with Gasteiger partial charge in [0.2, 0.25) is 0 Å². The summed E-state index contributed by atoms with van der Waals surface area (Å²) >= 11 is 0. The normalized spacial score (nSPS) is 10.6. The van der Waals surface area contributed by atoms with E-state index >= 15 is 0 Å². The third-order valence-corrected chi connectivity index (χ3v) is 2.65. The second kappa shape index (κ2) is 8.37. The second-order valence-electron chi connectivity index (χ2n) is 4.73. The molecule has 0 N–H and O–H groups in total. The van der Waals surface area contributed by atoms with Gasteiger partial charge < -0.3 is 4.74 Å². The van der Waals surface area contributed by atoms with E-state index in [9.17, 15) is 0 Å². The summed E-state index contributed by atoms with van der Waals surface area (Å²) in [4.78, 5) is 4.43. The van der Waals surface area contributed by atoms with Crippen LogP contribution in [-0.4, -0.2) is 19.4 Å². The molecule has 2 heteroatoms. The molecular weight excluding hydrogens is 234 g/mol. The maximum Gasteiger partial charge on any atom is 0.119 e. The second-order valence-corrected chi connectivity index (χ2v) is 4.73. The van der Waals surface area contributed by atoms with Gasteiger partial charge in [-0.3, -0.25) is 4.99 Å². The molecule has 0 radical (unpaired) electrons. The molecule has 0 aliphatic heterocycles. The molecule has 0 bridgehead atoms. The van der Waals surface area contributed by atoms with Crippen LogP contribution in [0.3, 0.4) is 0 Å². The molecule has 0 saturated heterocycles. The van der Waals surface area contributed by atoms with Crippen LogP contribution in [0.2, 0.25) is 0 Å². The molecule has 1 aromatic rings. The zero-order chi connectivity index (χ0) is 14.1. The number of benzene rings is 1. The fourth-order valence-corrected chi connectivity index (χ4v) is 1.54. The molecule has 102 valence electrons. The Morgan fingerprint density at radius 3 is 2.79 bits per heavy atom. The Morgan fingerprint density at radius 1 is 1.37 bits per heavy atom. The van der Waals surface area contributed by atoms with E-state index in [-0.39, 0.29) is 6.04 Å². The Labute approximate surface area is 116 Å². The zero-order valence-electron chi connectivity index (χ0n) is 12.4. The Morgan fingerprint density at radius 2 is 2.16 bits per heavy atom. The maximum absolute atomic E-state index is 5.25. The molecular formula is C17H23NO. The highest BCUT2D eigenvalue weighted by atomic mass is 16.5. The lowest BCUT2D eigenvalue weighted by Gasteiger charge is -2.04. The van der Waals surface area contributed by atoms with Crippen LogP contribution in [0, 0.1) is 11.8 Å². The number of rotatable bonds is 5.